The van der Waals surface area contributed by atoms with Gasteiger partial charge in [-0.05, 0) is 12.8 Å². The molecule has 0 aromatic carbocycles. The second kappa shape index (κ2) is 1.84. The zero-order chi connectivity index (χ0) is 7.07. The van der Waals surface area contributed by atoms with Crippen LogP contribution in [0.25, 0.3) is 0 Å². The summed E-state index contributed by atoms with van der Waals surface area (Å²) in [6.07, 6.45) is 0. The number of rotatable bonds is 0. The number of allylic oxidation sites excluding steroid dienone is 1. The zero-order valence-electron chi connectivity index (χ0n) is 5.59. The van der Waals surface area contributed by atoms with Crippen LogP contribution in [0.3, 0.4) is 0 Å². The zero-order valence-corrected chi connectivity index (χ0v) is 6.40. The van der Waals surface area contributed by atoms with Gasteiger partial charge in [-0.3, -0.25) is 0 Å². The van der Waals surface area contributed by atoms with Crippen molar-refractivity contribution in [3.8, 4) is 0 Å². The van der Waals surface area contributed by atoms with Gasteiger partial charge in [0.2, 0.25) is 0 Å². The Labute approximate surface area is 55.5 Å². The Bertz CT molecular complexity index is 236. The van der Waals surface area contributed by atoms with Crippen LogP contribution in [-0.2, 0) is 9.84 Å². The molecular weight excluding hydrogens is 136 g/mol. The molecule has 1 heterocycles. The molecule has 1 atom stereocenters. The van der Waals surface area contributed by atoms with Gasteiger partial charge in [0, 0.05) is 5.41 Å². The van der Waals surface area contributed by atoms with Gasteiger partial charge < -0.3 is 0 Å². The van der Waals surface area contributed by atoms with Gasteiger partial charge in [0.25, 0.3) is 0 Å². The molecule has 0 radical (unpaired) electrons. The van der Waals surface area contributed by atoms with E-state index in [1.165, 1.54) is 5.41 Å². The SMILES string of the molecule is CC1=CS(=O)(=O)CC1C. The second-order valence-corrected chi connectivity index (χ2v) is 4.49. The molecule has 2 nitrogen and oxygen atoms in total. The van der Waals surface area contributed by atoms with Crippen molar-refractivity contribution in [2.24, 2.45) is 5.92 Å². The molecule has 0 bridgehead atoms. The fourth-order valence-corrected chi connectivity index (χ4v) is 2.78. The van der Waals surface area contributed by atoms with Crippen molar-refractivity contribution in [3.63, 3.8) is 0 Å². The Hall–Kier alpha value is -0.310. The van der Waals surface area contributed by atoms with Crippen LogP contribution in [0, 0.1) is 5.92 Å². The third-order valence-corrected chi connectivity index (χ3v) is 3.32. The smallest absolute Gasteiger partial charge is 0.172 e. The van der Waals surface area contributed by atoms with E-state index in [-0.39, 0.29) is 5.92 Å². The third kappa shape index (κ3) is 1.33. The molecule has 9 heavy (non-hydrogen) atoms. The van der Waals surface area contributed by atoms with Crippen LogP contribution in [0.5, 0.6) is 0 Å². The third-order valence-electron chi connectivity index (χ3n) is 1.63. The minimum atomic E-state index is -2.81. The molecule has 1 aliphatic rings. The first kappa shape index (κ1) is 6.81. The van der Waals surface area contributed by atoms with E-state index in [0.29, 0.717) is 5.75 Å². The summed E-state index contributed by atoms with van der Waals surface area (Å²) in [5.74, 6) is 0.536. The molecule has 1 rings (SSSR count). The van der Waals surface area contributed by atoms with Crippen molar-refractivity contribution in [1.82, 2.24) is 0 Å². The van der Waals surface area contributed by atoms with E-state index in [4.69, 9.17) is 0 Å². The van der Waals surface area contributed by atoms with Gasteiger partial charge in [-0.1, -0.05) is 12.5 Å². The molecule has 0 aromatic rings. The van der Waals surface area contributed by atoms with E-state index in [1.54, 1.807) is 0 Å². The van der Waals surface area contributed by atoms with E-state index >= 15 is 0 Å². The highest BCUT2D eigenvalue weighted by molar-refractivity contribution is 7.94. The maximum atomic E-state index is 10.8. The molecule has 0 fully saturated rings. The molecule has 52 valence electrons. The van der Waals surface area contributed by atoms with E-state index in [2.05, 4.69) is 0 Å². The van der Waals surface area contributed by atoms with Crippen molar-refractivity contribution in [3.05, 3.63) is 11.0 Å². The molecule has 0 amide bonds. The summed E-state index contributed by atoms with van der Waals surface area (Å²) in [7, 11) is -2.81. The number of sulfone groups is 1. The second-order valence-electron chi connectivity index (χ2n) is 2.59. The molecule has 0 spiro atoms. The maximum absolute atomic E-state index is 10.8. The Morgan fingerprint density at radius 3 is 2.33 bits per heavy atom. The fourth-order valence-electron chi connectivity index (χ4n) is 0.927. The summed E-state index contributed by atoms with van der Waals surface area (Å²) in [5.41, 5.74) is 0.981. The molecule has 1 aliphatic heterocycles. The van der Waals surface area contributed by atoms with Crippen molar-refractivity contribution >= 4 is 9.84 Å². The number of hydrogen-bond acceptors (Lipinski definition) is 2. The molecular formula is C6H10O2S. The molecule has 1 unspecified atom stereocenters. The first-order valence-corrected chi connectivity index (χ1v) is 4.64. The van der Waals surface area contributed by atoms with Crippen LogP contribution in [0.4, 0.5) is 0 Å². The Morgan fingerprint density at radius 2 is 2.22 bits per heavy atom. The van der Waals surface area contributed by atoms with E-state index in [1.807, 2.05) is 13.8 Å². The van der Waals surface area contributed by atoms with Gasteiger partial charge in [-0.2, -0.15) is 0 Å². The maximum Gasteiger partial charge on any atom is 0.172 e. The van der Waals surface area contributed by atoms with Crippen molar-refractivity contribution in [1.29, 1.82) is 0 Å². The summed E-state index contributed by atoms with van der Waals surface area (Å²) >= 11 is 0. The van der Waals surface area contributed by atoms with Gasteiger partial charge in [-0.25, -0.2) is 8.42 Å². The summed E-state index contributed by atoms with van der Waals surface area (Å²) in [4.78, 5) is 0. The summed E-state index contributed by atoms with van der Waals surface area (Å²) in [5, 5.41) is 1.37. The predicted octanol–water partition coefficient (Wildman–Crippen LogP) is 0.955. The minimum Gasteiger partial charge on any atom is -0.224 e. The highest BCUT2D eigenvalue weighted by atomic mass is 32.2. The van der Waals surface area contributed by atoms with E-state index < -0.39 is 9.84 Å². The van der Waals surface area contributed by atoms with Crippen molar-refractivity contribution < 1.29 is 8.42 Å². The quantitative estimate of drug-likeness (QED) is 0.510. The van der Waals surface area contributed by atoms with E-state index in [9.17, 15) is 8.42 Å². The van der Waals surface area contributed by atoms with Crippen molar-refractivity contribution in [2.45, 2.75) is 13.8 Å². The summed E-state index contributed by atoms with van der Waals surface area (Å²) in [6, 6.07) is 0. The van der Waals surface area contributed by atoms with Crippen LogP contribution in [0.2, 0.25) is 0 Å². The summed E-state index contributed by atoms with van der Waals surface area (Å²) in [6.45, 7) is 3.78. The van der Waals surface area contributed by atoms with Gasteiger partial charge in [0.1, 0.15) is 0 Å². The first-order chi connectivity index (χ1) is 4.01. The minimum absolute atomic E-state index is 0.231. The standard InChI is InChI=1S/C6H10O2S/c1-5-3-9(7,8)4-6(5)2/h3,6H,4H2,1-2H3. The lowest BCUT2D eigenvalue weighted by Gasteiger charge is -1.97. The molecule has 0 saturated heterocycles. The molecule has 0 aromatic heterocycles. The first-order valence-electron chi connectivity index (χ1n) is 2.92. The topological polar surface area (TPSA) is 34.1 Å². The monoisotopic (exact) mass is 146 g/mol. The van der Waals surface area contributed by atoms with Crippen LogP contribution < -0.4 is 0 Å². The Morgan fingerprint density at radius 1 is 1.67 bits per heavy atom. The molecule has 0 aliphatic carbocycles. The van der Waals surface area contributed by atoms with Crippen molar-refractivity contribution in [2.75, 3.05) is 5.75 Å². The molecule has 3 heteroatoms. The lowest BCUT2D eigenvalue weighted by atomic mass is 10.1. The lowest BCUT2D eigenvalue weighted by Crippen LogP contribution is -2.02. The van der Waals surface area contributed by atoms with Crippen LogP contribution in [0.1, 0.15) is 13.8 Å². The molecule has 0 N–H and O–H groups in total. The van der Waals surface area contributed by atoms with Crippen LogP contribution in [0.15, 0.2) is 11.0 Å². The highest BCUT2D eigenvalue weighted by Gasteiger charge is 2.22. The van der Waals surface area contributed by atoms with Gasteiger partial charge >= 0.3 is 0 Å². The highest BCUT2D eigenvalue weighted by Crippen LogP contribution is 2.21. The Balaban J connectivity index is 3.01. The van der Waals surface area contributed by atoms with Gasteiger partial charge in [0.05, 0.1) is 5.75 Å². The van der Waals surface area contributed by atoms with E-state index in [0.717, 1.165) is 5.57 Å². The fraction of sp³-hybridized carbons (Fsp3) is 0.667. The molecule has 0 saturated carbocycles. The lowest BCUT2D eigenvalue weighted by molar-refractivity contribution is 0.601. The average molecular weight is 146 g/mol. The number of hydrogen-bond donors (Lipinski definition) is 0. The summed E-state index contributed by atoms with van der Waals surface area (Å²) < 4.78 is 21.6. The largest absolute Gasteiger partial charge is 0.224 e. The van der Waals surface area contributed by atoms with Gasteiger partial charge in [0.15, 0.2) is 9.84 Å². The van der Waals surface area contributed by atoms with Crippen LogP contribution in [-0.4, -0.2) is 14.2 Å². The predicted molar refractivity (Wildman–Crippen MR) is 36.7 cm³/mol. The normalized spacial score (nSPS) is 32.2. The van der Waals surface area contributed by atoms with Crippen LogP contribution >= 0.6 is 0 Å². The Kier molecular flexibility index (Phi) is 1.39. The average Bonchev–Trinajstić information content (AvgIpc) is 1.79. The van der Waals surface area contributed by atoms with Gasteiger partial charge in [-0.15, -0.1) is 0 Å².